The molecule has 0 amide bonds. The molecule has 0 fully saturated rings. The van der Waals surface area contributed by atoms with E-state index in [2.05, 4.69) is 4.74 Å². The summed E-state index contributed by atoms with van der Waals surface area (Å²) in [6.45, 7) is 3.17. The van der Waals surface area contributed by atoms with Gasteiger partial charge in [0.25, 0.3) is 0 Å². The summed E-state index contributed by atoms with van der Waals surface area (Å²) >= 11 is 0. The molecule has 0 aromatic heterocycles. The topological polar surface area (TPSA) is 55.5 Å². The van der Waals surface area contributed by atoms with E-state index in [1.807, 2.05) is 0 Å². The minimum absolute atomic E-state index is 0. The van der Waals surface area contributed by atoms with Crippen LogP contribution in [-0.2, 0) is 0 Å². The highest BCUT2D eigenvalue weighted by atomic mass is 35.5. The Bertz CT molecular complexity index is 458. The zero-order valence-electron chi connectivity index (χ0n) is 11.5. The van der Waals surface area contributed by atoms with Gasteiger partial charge in [-0.25, -0.2) is 0 Å². The average Bonchev–Trinajstić information content (AvgIpc) is 2.37. The summed E-state index contributed by atoms with van der Waals surface area (Å²) in [6.07, 6.45) is -8.48. The first-order valence-corrected chi connectivity index (χ1v) is 5.91. The van der Waals surface area contributed by atoms with Crippen molar-refractivity contribution in [3.05, 3.63) is 29.8 Å². The van der Waals surface area contributed by atoms with Crippen molar-refractivity contribution in [2.24, 2.45) is 11.1 Å². The molecule has 1 atom stereocenters. The molecule has 1 rings (SSSR count). The number of aliphatic hydroxyl groups excluding tert-OH is 1. The Kier molecular flexibility index (Phi) is 6.92. The Labute approximate surface area is 126 Å². The number of alkyl halides is 4. The highest BCUT2D eigenvalue weighted by molar-refractivity contribution is 5.85. The lowest BCUT2D eigenvalue weighted by Crippen LogP contribution is -2.34. The van der Waals surface area contributed by atoms with Gasteiger partial charge >= 0.3 is 12.5 Å². The number of rotatable bonds is 6. The quantitative estimate of drug-likeness (QED) is 0.786. The molecule has 0 aliphatic rings. The summed E-state index contributed by atoms with van der Waals surface area (Å²) < 4.78 is 53.8. The molecule has 122 valence electrons. The molecule has 1 aromatic rings. The van der Waals surface area contributed by atoms with Crippen molar-refractivity contribution in [1.29, 1.82) is 0 Å². The van der Waals surface area contributed by atoms with E-state index in [4.69, 9.17) is 5.73 Å². The number of aliphatic hydroxyl groups is 1. The maximum atomic E-state index is 12.8. The molecule has 0 aliphatic carbocycles. The van der Waals surface area contributed by atoms with Gasteiger partial charge in [-0.1, -0.05) is 26.0 Å². The fraction of sp³-hybridized carbons (Fsp3) is 0.538. The van der Waals surface area contributed by atoms with Gasteiger partial charge in [0, 0.05) is 18.1 Å². The summed E-state index contributed by atoms with van der Waals surface area (Å²) in [4.78, 5) is 0. The third-order valence-corrected chi connectivity index (χ3v) is 2.97. The van der Waals surface area contributed by atoms with Gasteiger partial charge < -0.3 is 15.6 Å². The smallest absolute Gasteiger partial charge is 0.428 e. The second-order valence-corrected chi connectivity index (χ2v) is 5.16. The molecule has 0 spiro atoms. The molecule has 1 aromatic carbocycles. The predicted octanol–water partition coefficient (Wildman–Crippen LogP) is 3.36. The van der Waals surface area contributed by atoms with Crippen LogP contribution in [0.25, 0.3) is 0 Å². The zero-order chi connectivity index (χ0) is 15.6. The minimum atomic E-state index is -4.56. The average molecular weight is 332 g/mol. The van der Waals surface area contributed by atoms with E-state index in [0.29, 0.717) is 5.56 Å². The molecule has 21 heavy (non-hydrogen) atoms. The number of halogens is 5. The molecule has 3 nitrogen and oxygen atoms in total. The molecule has 3 N–H and O–H groups in total. The van der Waals surface area contributed by atoms with E-state index in [0.717, 1.165) is 6.07 Å². The van der Waals surface area contributed by atoms with Gasteiger partial charge in [-0.15, -0.1) is 12.4 Å². The van der Waals surface area contributed by atoms with E-state index in [1.54, 1.807) is 19.9 Å². The lowest BCUT2D eigenvalue weighted by molar-refractivity contribution is -0.253. The molecule has 0 radical (unpaired) electrons. The second kappa shape index (κ2) is 7.29. The molecular weight excluding hydrogens is 314 g/mol. The van der Waals surface area contributed by atoms with Crippen LogP contribution in [0, 0.1) is 5.41 Å². The second-order valence-electron chi connectivity index (χ2n) is 5.16. The monoisotopic (exact) mass is 331 g/mol. The van der Waals surface area contributed by atoms with Gasteiger partial charge in [0.15, 0.2) is 0 Å². The van der Waals surface area contributed by atoms with E-state index in [1.165, 1.54) is 12.1 Å². The Morgan fingerprint density at radius 3 is 2.33 bits per heavy atom. The Morgan fingerprint density at radius 1 is 1.29 bits per heavy atom. The molecule has 0 aliphatic heterocycles. The summed E-state index contributed by atoms with van der Waals surface area (Å²) in [5.74, 6) is -0.406. The number of hydrogen-bond donors (Lipinski definition) is 2. The molecular formula is C13H18ClF4NO2. The van der Waals surface area contributed by atoms with Crippen molar-refractivity contribution in [2.45, 2.75) is 32.4 Å². The van der Waals surface area contributed by atoms with Crippen LogP contribution in [0.5, 0.6) is 5.75 Å². The van der Waals surface area contributed by atoms with Crippen molar-refractivity contribution < 1.29 is 27.4 Å². The van der Waals surface area contributed by atoms with Crippen molar-refractivity contribution in [3.8, 4) is 5.75 Å². The van der Waals surface area contributed by atoms with Crippen molar-refractivity contribution in [2.75, 3.05) is 6.61 Å². The number of nitrogens with two attached hydrogens (primary N) is 1. The maximum Gasteiger partial charge on any atom is 0.461 e. The molecule has 0 heterocycles. The molecule has 0 saturated heterocycles. The van der Waals surface area contributed by atoms with E-state index >= 15 is 0 Å². The Morgan fingerprint density at radius 2 is 1.86 bits per heavy atom. The first-order chi connectivity index (χ1) is 9.10. The van der Waals surface area contributed by atoms with E-state index in [9.17, 15) is 22.7 Å². The number of benzene rings is 1. The largest absolute Gasteiger partial charge is 0.461 e. The highest BCUT2D eigenvalue weighted by Gasteiger charge is 2.44. The molecule has 0 unspecified atom stereocenters. The van der Waals surface area contributed by atoms with Crippen LogP contribution in [0.2, 0.25) is 0 Å². The number of ether oxygens (including phenoxy) is 1. The minimum Gasteiger partial charge on any atom is -0.428 e. The summed E-state index contributed by atoms with van der Waals surface area (Å²) in [5, 5.41) is 9.22. The third-order valence-electron chi connectivity index (χ3n) is 2.97. The van der Waals surface area contributed by atoms with Crippen molar-refractivity contribution >= 4 is 12.4 Å². The normalized spacial score (nSPS) is 13.8. The van der Waals surface area contributed by atoms with E-state index < -0.39 is 29.7 Å². The Balaban J connectivity index is 0.00000400. The first-order valence-electron chi connectivity index (χ1n) is 5.91. The van der Waals surface area contributed by atoms with Crippen molar-refractivity contribution in [3.63, 3.8) is 0 Å². The lowest BCUT2D eigenvalue weighted by atomic mass is 9.82. The Hall–Kier alpha value is -1.05. The SMILES string of the molecule is CC(C)(CO)[C@H](N)c1cccc(OC(F)(F)C(F)F)c1.Cl. The lowest BCUT2D eigenvalue weighted by Gasteiger charge is -2.30. The van der Waals surface area contributed by atoms with Crippen molar-refractivity contribution in [1.82, 2.24) is 0 Å². The standard InChI is InChI=1S/C13H17F4NO2.ClH/c1-12(2,7-19)10(18)8-4-3-5-9(6-8)20-13(16,17)11(14)15;/h3-6,10-11,19H,7,18H2,1-2H3;1H/t10-;/m1./s1. The van der Waals surface area contributed by atoms with Gasteiger partial charge in [-0.05, 0) is 17.7 Å². The number of hydrogen-bond acceptors (Lipinski definition) is 3. The van der Waals surface area contributed by atoms with Gasteiger partial charge in [0.2, 0.25) is 0 Å². The predicted molar refractivity (Wildman–Crippen MR) is 73.1 cm³/mol. The van der Waals surface area contributed by atoms with Gasteiger partial charge in [0.05, 0.1) is 0 Å². The molecule has 8 heteroatoms. The fourth-order valence-electron chi connectivity index (χ4n) is 1.52. The summed E-state index contributed by atoms with van der Waals surface area (Å²) in [6, 6.07) is 4.57. The van der Waals surface area contributed by atoms with Gasteiger partial charge in [-0.2, -0.15) is 17.6 Å². The van der Waals surface area contributed by atoms with Crippen LogP contribution in [0.4, 0.5) is 17.6 Å². The third kappa shape index (κ3) is 5.01. The van der Waals surface area contributed by atoms with Crippen LogP contribution in [0.3, 0.4) is 0 Å². The van der Waals surface area contributed by atoms with Gasteiger partial charge in [-0.3, -0.25) is 0 Å². The van der Waals surface area contributed by atoms with Crippen LogP contribution >= 0.6 is 12.4 Å². The summed E-state index contributed by atoms with van der Waals surface area (Å²) in [5.41, 5.74) is 5.64. The molecule has 0 saturated carbocycles. The van der Waals surface area contributed by atoms with Crippen LogP contribution < -0.4 is 10.5 Å². The highest BCUT2D eigenvalue weighted by Crippen LogP contribution is 2.34. The maximum absolute atomic E-state index is 12.8. The van der Waals surface area contributed by atoms with Crippen LogP contribution in [0.1, 0.15) is 25.5 Å². The van der Waals surface area contributed by atoms with E-state index in [-0.39, 0.29) is 19.0 Å². The first kappa shape index (κ1) is 19.9. The van der Waals surface area contributed by atoms with Gasteiger partial charge in [0.1, 0.15) is 5.75 Å². The van der Waals surface area contributed by atoms with Crippen LogP contribution in [-0.4, -0.2) is 24.2 Å². The fourth-order valence-corrected chi connectivity index (χ4v) is 1.52. The molecule has 0 bridgehead atoms. The summed E-state index contributed by atoms with van der Waals surface area (Å²) in [7, 11) is 0. The van der Waals surface area contributed by atoms with Crippen LogP contribution in [0.15, 0.2) is 24.3 Å². The zero-order valence-corrected chi connectivity index (χ0v) is 12.3.